The lowest BCUT2D eigenvalue weighted by Gasteiger charge is -2.07. The first kappa shape index (κ1) is 16.4. The van der Waals surface area contributed by atoms with Gasteiger partial charge in [-0.1, -0.05) is 22.9 Å². The average molecular weight is 482 g/mol. The van der Waals surface area contributed by atoms with Gasteiger partial charge in [0.05, 0.1) is 10.6 Å². The van der Waals surface area contributed by atoms with Crippen LogP contribution in [-0.2, 0) is 0 Å². The fourth-order valence-electron chi connectivity index (χ4n) is 2.24. The normalized spacial score (nSPS) is 11.0. The highest BCUT2D eigenvalue weighted by molar-refractivity contribution is 14.1. The van der Waals surface area contributed by atoms with Gasteiger partial charge in [0.1, 0.15) is 11.3 Å². The van der Waals surface area contributed by atoms with Crippen LogP contribution in [0.25, 0.3) is 15.5 Å². The van der Waals surface area contributed by atoms with E-state index < -0.39 is 0 Å². The molecular weight excluding hydrogens is 473 g/mol. The monoisotopic (exact) mass is 481 g/mol. The summed E-state index contributed by atoms with van der Waals surface area (Å²) in [6, 6.07) is 12.8. The molecule has 1 amide bonds. The Labute approximate surface area is 165 Å². The van der Waals surface area contributed by atoms with E-state index in [0.717, 1.165) is 19.1 Å². The number of amides is 1. The highest BCUT2D eigenvalue weighted by Crippen LogP contribution is 2.26. The van der Waals surface area contributed by atoms with Crippen molar-refractivity contribution in [1.82, 2.24) is 19.8 Å². The maximum absolute atomic E-state index is 12.4. The summed E-state index contributed by atoms with van der Waals surface area (Å²) >= 11 is 9.70. The second kappa shape index (κ2) is 6.70. The van der Waals surface area contributed by atoms with E-state index in [1.54, 1.807) is 23.0 Å². The van der Waals surface area contributed by atoms with Crippen molar-refractivity contribution in [2.45, 2.75) is 0 Å². The number of anilines is 1. The Kier molecular flexibility index (Phi) is 4.40. The van der Waals surface area contributed by atoms with E-state index in [2.05, 4.69) is 43.2 Å². The topological polar surface area (TPSA) is 72.2 Å². The van der Waals surface area contributed by atoms with Crippen molar-refractivity contribution in [3.8, 4) is 10.6 Å². The van der Waals surface area contributed by atoms with Crippen LogP contribution in [0.15, 0.2) is 48.8 Å². The van der Waals surface area contributed by atoms with Gasteiger partial charge in [-0.25, -0.2) is 0 Å². The van der Waals surface area contributed by atoms with Gasteiger partial charge < -0.3 is 5.32 Å². The largest absolute Gasteiger partial charge is 0.322 e. The summed E-state index contributed by atoms with van der Waals surface area (Å²) in [5.74, 6) is -0.241. The number of rotatable bonds is 3. The van der Waals surface area contributed by atoms with E-state index in [1.807, 2.05) is 30.3 Å². The molecule has 0 aliphatic rings. The van der Waals surface area contributed by atoms with Crippen molar-refractivity contribution >= 4 is 62.1 Å². The Balaban J connectivity index is 1.55. The standard InChI is InChI=1S/C16H9ClIN5OS/c17-13-6-3-10(18)7-12(13)14(24)20-11-4-1-9(2-5-11)15-22-23-8-19-21-16(23)25-15/h1-8H,(H,20,24). The summed E-state index contributed by atoms with van der Waals surface area (Å²) in [6.45, 7) is 0. The van der Waals surface area contributed by atoms with Crippen molar-refractivity contribution in [3.05, 3.63) is 62.9 Å². The van der Waals surface area contributed by atoms with Crippen LogP contribution in [0, 0.1) is 3.57 Å². The third-order valence-electron chi connectivity index (χ3n) is 3.45. The van der Waals surface area contributed by atoms with Gasteiger partial charge in [0, 0.05) is 14.8 Å². The number of benzene rings is 2. The molecule has 0 radical (unpaired) electrons. The van der Waals surface area contributed by atoms with Crippen LogP contribution in [0.3, 0.4) is 0 Å². The molecule has 2 aromatic carbocycles. The molecule has 4 rings (SSSR count). The van der Waals surface area contributed by atoms with Crippen molar-refractivity contribution in [1.29, 1.82) is 0 Å². The number of hydrogen-bond donors (Lipinski definition) is 1. The Morgan fingerprint density at radius 2 is 2.00 bits per heavy atom. The van der Waals surface area contributed by atoms with Gasteiger partial charge in [-0.2, -0.15) is 9.61 Å². The Morgan fingerprint density at radius 1 is 1.20 bits per heavy atom. The quantitative estimate of drug-likeness (QED) is 0.441. The molecule has 2 aromatic heterocycles. The Bertz CT molecular complexity index is 1050. The fraction of sp³-hybridized carbons (Fsp3) is 0. The lowest BCUT2D eigenvalue weighted by molar-refractivity contribution is 0.102. The van der Waals surface area contributed by atoms with Crippen LogP contribution in [0.1, 0.15) is 10.4 Å². The molecule has 0 unspecified atom stereocenters. The fourth-order valence-corrected chi connectivity index (χ4v) is 3.76. The number of nitrogens with zero attached hydrogens (tertiary/aromatic N) is 4. The predicted molar refractivity (Wildman–Crippen MR) is 106 cm³/mol. The summed E-state index contributed by atoms with van der Waals surface area (Å²) in [4.78, 5) is 13.1. The smallest absolute Gasteiger partial charge is 0.257 e. The molecule has 0 bridgehead atoms. The lowest BCUT2D eigenvalue weighted by Crippen LogP contribution is -2.12. The minimum absolute atomic E-state index is 0.241. The summed E-state index contributed by atoms with van der Waals surface area (Å²) in [5.41, 5.74) is 2.08. The molecule has 0 saturated carbocycles. The van der Waals surface area contributed by atoms with E-state index in [4.69, 9.17) is 11.6 Å². The number of nitrogens with one attached hydrogen (secondary N) is 1. The van der Waals surface area contributed by atoms with E-state index in [-0.39, 0.29) is 5.91 Å². The summed E-state index contributed by atoms with van der Waals surface area (Å²) in [5, 5.41) is 16.3. The van der Waals surface area contributed by atoms with E-state index in [1.165, 1.54) is 11.3 Å². The van der Waals surface area contributed by atoms with Crippen molar-refractivity contribution in [2.75, 3.05) is 5.32 Å². The van der Waals surface area contributed by atoms with Crippen LogP contribution in [-0.4, -0.2) is 25.7 Å². The molecule has 2 heterocycles. The molecule has 0 spiro atoms. The Morgan fingerprint density at radius 3 is 2.76 bits per heavy atom. The molecule has 0 atom stereocenters. The molecule has 0 aliphatic carbocycles. The molecule has 1 N–H and O–H groups in total. The van der Waals surface area contributed by atoms with Gasteiger partial charge in [0.15, 0.2) is 0 Å². The summed E-state index contributed by atoms with van der Waals surface area (Å²) in [6.07, 6.45) is 1.56. The highest BCUT2D eigenvalue weighted by Gasteiger charge is 2.12. The first-order chi connectivity index (χ1) is 12.1. The maximum atomic E-state index is 12.4. The SMILES string of the molecule is O=C(Nc1ccc(-c2nn3cnnc3s2)cc1)c1cc(I)ccc1Cl. The van der Waals surface area contributed by atoms with Gasteiger partial charge in [-0.15, -0.1) is 10.2 Å². The molecule has 9 heteroatoms. The van der Waals surface area contributed by atoms with Gasteiger partial charge >= 0.3 is 0 Å². The number of hydrogen-bond acceptors (Lipinski definition) is 5. The van der Waals surface area contributed by atoms with E-state index in [9.17, 15) is 4.79 Å². The third-order valence-corrected chi connectivity index (χ3v) is 5.41. The lowest BCUT2D eigenvalue weighted by atomic mass is 10.2. The zero-order chi connectivity index (χ0) is 17.4. The number of fused-ring (bicyclic) bond motifs is 1. The van der Waals surface area contributed by atoms with Crippen LogP contribution in [0.5, 0.6) is 0 Å². The molecule has 0 saturated heterocycles. The van der Waals surface area contributed by atoms with E-state index in [0.29, 0.717) is 16.3 Å². The zero-order valence-electron chi connectivity index (χ0n) is 12.5. The summed E-state index contributed by atoms with van der Waals surface area (Å²) in [7, 11) is 0. The molecule has 0 fully saturated rings. The van der Waals surface area contributed by atoms with Gasteiger partial charge in [0.2, 0.25) is 4.96 Å². The van der Waals surface area contributed by atoms with Crippen LogP contribution in [0.4, 0.5) is 5.69 Å². The van der Waals surface area contributed by atoms with Gasteiger partial charge in [-0.3, -0.25) is 4.79 Å². The predicted octanol–water partition coefficient (Wildman–Crippen LogP) is 4.36. The first-order valence-electron chi connectivity index (χ1n) is 7.14. The van der Waals surface area contributed by atoms with Gasteiger partial charge in [0.25, 0.3) is 5.91 Å². The molecule has 0 aliphatic heterocycles. The number of carbonyl (C=O) groups is 1. The molecule has 4 aromatic rings. The molecule has 124 valence electrons. The van der Waals surface area contributed by atoms with Crippen LogP contribution >= 0.6 is 45.5 Å². The average Bonchev–Trinajstić information content (AvgIpc) is 3.19. The minimum Gasteiger partial charge on any atom is -0.322 e. The van der Waals surface area contributed by atoms with Crippen LogP contribution in [0.2, 0.25) is 5.02 Å². The third kappa shape index (κ3) is 3.37. The van der Waals surface area contributed by atoms with E-state index >= 15 is 0 Å². The number of carbonyl (C=O) groups excluding carboxylic acids is 1. The second-order valence-electron chi connectivity index (χ2n) is 5.12. The molecular formula is C16H9ClIN5OS. The Hall–Kier alpha value is -2.04. The first-order valence-corrected chi connectivity index (χ1v) is 9.41. The van der Waals surface area contributed by atoms with Crippen LogP contribution < -0.4 is 5.32 Å². The minimum atomic E-state index is -0.241. The molecule has 6 nitrogen and oxygen atoms in total. The van der Waals surface area contributed by atoms with Gasteiger partial charge in [-0.05, 0) is 65.1 Å². The second-order valence-corrected chi connectivity index (χ2v) is 7.73. The van der Waals surface area contributed by atoms with Crippen molar-refractivity contribution < 1.29 is 4.79 Å². The molecule has 25 heavy (non-hydrogen) atoms. The highest BCUT2D eigenvalue weighted by atomic mass is 127. The number of aromatic nitrogens is 4. The zero-order valence-corrected chi connectivity index (χ0v) is 16.2. The maximum Gasteiger partial charge on any atom is 0.257 e. The number of halogens is 2. The summed E-state index contributed by atoms with van der Waals surface area (Å²) < 4.78 is 2.58. The van der Waals surface area contributed by atoms with Crippen molar-refractivity contribution in [3.63, 3.8) is 0 Å². The van der Waals surface area contributed by atoms with Crippen molar-refractivity contribution in [2.24, 2.45) is 0 Å².